The number of hydrogen-bond acceptors (Lipinski definition) is 4. The summed E-state index contributed by atoms with van der Waals surface area (Å²) < 4.78 is 42.0. The molecule has 0 radical (unpaired) electrons. The van der Waals surface area contributed by atoms with Crippen LogP contribution in [0.25, 0.3) is 15.9 Å². The molecule has 5 rings (SSSR count). The van der Waals surface area contributed by atoms with E-state index in [9.17, 15) is 18.0 Å². The van der Waals surface area contributed by atoms with E-state index in [1.807, 2.05) is 0 Å². The molecule has 0 N–H and O–H groups in total. The predicted octanol–water partition coefficient (Wildman–Crippen LogP) is 4.03. The van der Waals surface area contributed by atoms with Crippen molar-refractivity contribution in [3.05, 3.63) is 47.0 Å². The van der Waals surface area contributed by atoms with Crippen molar-refractivity contribution < 1.29 is 18.0 Å². The molecule has 1 atom stereocenters. The summed E-state index contributed by atoms with van der Waals surface area (Å²) in [6, 6.07) is 10.4. The zero-order chi connectivity index (χ0) is 20.2. The van der Waals surface area contributed by atoms with E-state index in [1.54, 1.807) is 35.2 Å². The average Bonchev–Trinajstić information content (AvgIpc) is 3.41. The summed E-state index contributed by atoms with van der Waals surface area (Å²) in [6.45, 7) is 3.15. The van der Waals surface area contributed by atoms with E-state index in [0.29, 0.717) is 34.5 Å². The number of carbonyl (C=O) groups excluding carboxylic acids is 1. The molecule has 3 aromatic rings. The number of piperazine rings is 1. The fraction of sp³-hybridized carbons (Fsp3) is 0.400. The third-order valence-corrected chi connectivity index (χ3v) is 6.81. The molecule has 0 bridgehead atoms. The van der Waals surface area contributed by atoms with Gasteiger partial charge >= 0.3 is 6.18 Å². The summed E-state index contributed by atoms with van der Waals surface area (Å²) in [4.78, 5) is 17.9. The molecule has 1 unspecified atom stereocenters. The molecule has 1 aromatic carbocycles. The molecule has 0 aliphatic carbocycles. The molecule has 4 heterocycles. The monoisotopic (exact) mass is 420 g/mol. The number of para-hydroxylation sites is 1. The Bertz CT molecular complexity index is 1060. The lowest BCUT2D eigenvalue weighted by Crippen LogP contribution is -2.51. The van der Waals surface area contributed by atoms with Gasteiger partial charge in [-0.25, -0.2) is 4.68 Å². The van der Waals surface area contributed by atoms with E-state index in [-0.39, 0.29) is 11.3 Å². The first kappa shape index (κ1) is 18.6. The lowest BCUT2D eigenvalue weighted by Gasteiger charge is -2.37. The summed E-state index contributed by atoms with van der Waals surface area (Å²) in [5, 5.41) is 3.80. The number of benzene rings is 1. The Labute approximate surface area is 169 Å². The van der Waals surface area contributed by atoms with Gasteiger partial charge in [0.15, 0.2) is 5.69 Å². The van der Waals surface area contributed by atoms with Crippen LogP contribution in [-0.4, -0.2) is 57.7 Å². The van der Waals surface area contributed by atoms with Gasteiger partial charge in [0.1, 0.15) is 4.83 Å². The van der Waals surface area contributed by atoms with Gasteiger partial charge in [0.25, 0.3) is 5.91 Å². The number of carbonyl (C=O) groups is 1. The van der Waals surface area contributed by atoms with Crippen molar-refractivity contribution in [1.82, 2.24) is 19.6 Å². The van der Waals surface area contributed by atoms with Crippen LogP contribution >= 0.6 is 11.3 Å². The molecule has 9 heteroatoms. The van der Waals surface area contributed by atoms with E-state index in [2.05, 4.69) is 10.00 Å². The largest absolute Gasteiger partial charge is 0.435 e. The van der Waals surface area contributed by atoms with Crippen molar-refractivity contribution in [1.29, 1.82) is 0 Å². The van der Waals surface area contributed by atoms with Gasteiger partial charge in [-0.05, 0) is 37.6 Å². The minimum atomic E-state index is -4.59. The van der Waals surface area contributed by atoms with Gasteiger partial charge in [-0.3, -0.25) is 9.69 Å². The Morgan fingerprint density at radius 3 is 2.69 bits per heavy atom. The Morgan fingerprint density at radius 2 is 1.93 bits per heavy atom. The van der Waals surface area contributed by atoms with Crippen LogP contribution in [0.1, 0.15) is 28.2 Å². The number of fused-ring (bicyclic) bond motifs is 2. The van der Waals surface area contributed by atoms with Crippen LogP contribution in [0.5, 0.6) is 0 Å². The molecule has 2 aliphatic rings. The highest BCUT2D eigenvalue weighted by atomic mass is 32.1. The zero-order valence-electron chi connectivity index (χ0n) is 15.5. The molecular formula is C20H19F3N4OS. The first-order valence-corrected chi connectivity index (χ1v) is 10.4. The van der Waals surface area contributed by atoms with Crippen LogP contribution in [0.15, 0.2) is 36.4 Å². The number of halogens is 3. The van der Waals surface area contributed by atoms with Crippen LogP contribution in [0.3, 0.4) is 0 Å². The number of aromatic nitrogens is 2. The standard InChI is InChI=1S/C20H19F3N4OS/c21-20(22,23)17-15-11-16(18(28)26-10-9-25-8-4-7-14(25)12-26)29-19(15)27(24-17)13-5-2-1-3-6-13/h1-3,5-6,11,14H,4,7-10,12H2. The predicted molar refractivity (Wildman–Crippen MR) is 104 cm³/mol. The summed E-state index contributed by atoms with van der Waals surface area (Å²) >= 11 is 1.08. The number of amides is 1. The second-order valence-corrected chi connectivity index (χ2v) is 8.54. The molecule has 2 saturated heterocycles. The lowest BCUT2D eigenvalue weighted by atomic mass is 10.1. The van der Waals surface area contributed by atoms with Gasteiger partial charge < -0.3 is 4.90 Å². The van der Waals surface area contributed by atoms with Crippen molar-refractivity contribution in [3.8, 4) is 5.69 Å². The Morgan fingerprint density at radius 1 is 1.14 bits per heavy atom. The van der Waals surface area contributed by atoms with Crippen LogP contribution in [-0.2, 0) is 6.18 Å². The van der Waals surface area contributed by atoms with Gasteiger partial charge in [0.2, 0.25) is 0 Å². The molecule has 2 aliphatic heterocycles. The molecule has 0 saturated carbocycles. The molecule has 2 aromatic heterocycles. The molecule has 2 fully saturated rings. The van der Waals surface area contributed by atoms with Crippen LogP contribution in [0.4, 0.5) is 13.2 Å². The second kappa shape index (κ2) is 6.84. The quantitative estimate of drug-likeness (QED) is 0.629. The number of nitrogens with zero attached hydrogens (tertiary/aromatic N) is 4. The maximum absolute atomic E-state index is 13.6. The number of alkyl halides is 3. The van der Waals surface area contributed by atoms with Crippen LogP contribution in [0.2, 0.25) is 0 Å². The lowest BCUT2D eigenvalue weighted by molar-refractivity contribution is -0.140. The van der Waals surface area contributed by atoms with Gasteiger partial charge in [0.05, 0.1) is 10.6 Å². The third-order valence-electron chi connectivity index (χ3n) is 5.71. The second-order valence-electron chi connectivity index (χ2n) is 7.51. The molecule has 1 amide bonds. The highest BCUT2D eigenvalue weighted by Gasteiger charge is 2.39. The maximum Gasteiger partial charge on any atom is 0.435 e. The molecule has 0 spiro atoms. The number of thiophene rings is 1. The topological polar surface area (TPSA) is 41.4 Å². The van der Waals surface area contributed by atoms with E-state index in [1.165, 1.54) is 10.7 Å². The first-order chi connectivity index (χ1) is 13.9. The normalized spacial score (nSPS) is 20.4. The molecular weight excluding hydrogens is 401 g/mol. The smallest absolute Gasteiger partial charge is 0.335 e. The van der Waals surface area contributed by atoms with E-state index in [4.69, 9.17) is 0 Å². The first-order valence-electron chi connectivity index (χ1n) is 9.60. The Balaban J connectivity index is 1.54. The fourth-order valence-corrected chi connectivity index (χ4v) is 5.40. The van der Waals surface area contributed by atoms with Crippen molar-refractivity contribution >= 4 is 27.5 Å². The van der Waals surface area contributed by atoms with Gasteiger partial charge in [-0.2, -0.15) is 18.3 Å². The number of hydrogen-bond donors (Lipinski definition) is 0. The SMILES string of the molecule is O=C(c1cc2c(C(F)(F)F)nn(-c3ccccc3)c2s1)N1CCN2CCCC2C1. The van der Waals surface area contributed by atoms with Gasteiger partial charge in [-0.15, -0.1) is 11.3 Å². The highest BCUT2D eigenvalue weighted by molar-refractivity contribution is 7.20. The third kappa shape index (κ3) is 3.22. The van der Waals surface area contributed by atoms with E-state index >= 15 is 0 Å². The minimum Gasteiger partial charge on any atom is -0.335 e. The van der Waals surface area contributed by atoms with Crippen LogP contribution in [0, 0.1) is 0 Å². The fourth-order valence-electron chi connectivity index (χ4n) is 4.30. The molecule has 5 nitrogen and oxygen atoms in total. The molecule has 152 valence electrons. The minimum absolute atomic E-state index is 0.0193. The Hall–Kier alpha value is -2.39. The van der Waals surface area contributed by atoms with Gasteiger partial charge in [0, 0.05) is 31.1 Å². The Kier molecular flexibility index (Phi) is 4.40. The summed E-state index contributed by atoms with van der Waals surface area (Å²) in [7, 11) is 0. The van der Waals surface area contributed by atoms with Crippen molar-refractivity contribution in [3.63, 3.8) is 0 Å². The number of rotatable bonds is 2. The van der Waals surface area contributed by atoms with Crippen molar-refractivity contribution in [2.75, 3.05) is 26.2 Å². The van der Waals surface area contributed by atoms with Gasteiger partial charge in [-0.1, -0.05) is 18.2 Å². The van der Waals surface area contributed by atoms with Crippen LogP contribution < -0.4 is 0 Å². The summed E-state index contributed by atoms with van der Waals surface area (Å²) in [5.74, 6) is -0.189. The summed E-state index contributed by atoms with van der Waals surface area (Å²) in [5.41, 5.74) is -0.416. The summed E-state index contributed by atoms with van der Waals surface area (Å²) in [6.07, 6.45) is -2.38. The molecule has 29 heavy (non-hydrogen) atoms. The van der Waals surface area contributed by atoms with E-state index < -0.39 is 11.9 Å². The van der Waals surface area contributed by atoms with E-state index in [0.717, 1.165) is 37.3 Å². The maximum atomic E-state index is 13.6. The van der Waals surface area contributed by atoms with Crippen molar-refractivity contribution in [2.24, 2.45) is 0 Å². The highest BCUT2D eigenvalue weighted by Crippen LogP contribution is 2.39. The van der Waals surface area contributed by atoms with Crippen molar-refractivity contribution in [2.45, 2.75) is 25.1 Å². The zero-order valence-corrected chi connectivity index (χ0v) is 16.3. The average molecular weight is 420 g/mol.